The number of fused-ring (bicyclic) bond motifs is 3. The maximum absolute atomic E-state index is 12.1. The molecule has 1 unspecified atom stereocenters. The Bertz CT molecular complexity index is 916. The monoisotopic (exact) mass is 440 g/mol. The molecule has 3 rings (SSSR count). The molecule has 0 radical (unpaired) electrons. The van der Waals surface area contributed by atoms with Gasteiger partial charge >= 0.3 is 12.1 Å². The van der Waals surface area contributed by atoms with Crippen LogP contribution in [0.15, 0.2) is 48.5 Å². The maximum Gasteiger partial charge on any atom is 0.407 e. The van der Waals surface area contributed by atoms with E-state index < -0.39 is 18.1 Å². The first-order valence-corrected chi connectivity index (χ1v) is 10.7. The molecule has 8 heteroatoms. The molecule has 2 amide bonds. The molecule has 1 aliphatic rings. The van der Waals surface area contributed by atoms with Gasteiger partial charge in [-0.15, -0.1) is 0 Å². The lowest BCUT2D eigenvalue weighted by Gasteiger charge is -2.15. The quantitative estimate of drug-likeness (QED) is 0.463. The molecular weight excluding hydrogens is 412 g/mol. The highest BCUT2D eigenvalue weighted by Crippen LogP contribution is 2.44. The van der Waals surface area contributed by atoms with Gasteiger partial charge in [-0.05, 0) is 28.7 Å². The molecule has 1 aliphatic carbocycles. The van der Waals surface area contributed by atoms with Gasteiger partial charge in [-0.1, -0.05) is 55.5 Å². The van der Waals surface area contributed by atoms with E-state index in [0.717, 1.165) is 22.3 Å². The summed E-state index contributed by atoms with van der Waals surface area (Å²) in [6.07, 6.45) is -0.167. The third-order valence-corrected chi connectivity index (χ3v) is 5.37. The number of alkyl carbamates (subject to hydrolysis) is 1. The molecule has 2 aromatic rings. The van der Waals surface area contributed by atoms with E-state index in [-0.39, 0.29) is 44.6 Å². The number of aliphatic carboxylic acids is 1. The highest BCUT2D eigenvalue weighted by molar-refractivity contribution is 5.79. The zero-order valence-corrected chi connectivity index (χ0v) is 18.0. The second-order valence-corrected chi connectivity index (χ2v) is 7.58. The molecule has 0 aliphatic heterocycles. The van der Waals surface area contributed by atoms with E-state index in [0.29, 0.717) is 6.42 Å². The van der Waals surface area contributed by atoms with E-state index in [1.165, 1.54) is 0 Å². The normalized spacial score (nSPS) is 13.0. The van der Waals surface area contributed by atoms with E-state index in [4.69, 9.17) is 14.6 Å². The van der Waals surface area contributed by atoms with Crippen LogP contribution in [0.3, 0.4) is 0 Å². The lowest BCUT2D eigenvalue weighted by Crippen LogP contribution is -2.38. The van der Waals surface area contributed by atoms with Gasteiger partial charge in [-0.2, -0.15) is 0 Å². The number of carboxylic acids is 1. The summed E-state index contributed by atoms with van der Waals surface area (Å²) in [5.74, 6) is -1.37. The Morgan fingerprint density at radius 2 is 1.66 bits per heavy atom. The van der Waals surface area contributed by atoms with Crippen molar-refractivity contribution >= 4 is 18.0 Å². The number of hydrogen-bond donors (Lipinski definition) is 3. The average Bonchev–Trinajstić information content (AvgIpc) is 3.10. The van der Waals surface area contributed by atoms with Crippen molar-refractivity contribution in [2.24, 2.45) is 0 Å². The predicted molar refractivity (Wildman–Crippen MR) is 118 cm³/mol. The number of carboxylic acid groups (broad SMARTS) is 1. The minimum atomic E-state index is -0.967. The van der Waals surface area contributed by atoms with Crippen molar-refractivity contribution in [3.05, 3.63) is 59.7 Å². The molecule has 0 fully saturated rings. The van der Waals surface area contributed by atoms with E-state index in [1.54, 1.807) is 6.92 Å². The molecule has 32 heavy (non-hydrogen) atoms. The van der Waals surface area contributed by atoms with Crippen molar-refractivity contribution in [2.75, 3.05) is 26.4 Å². The Hall–Kier alpha value is -3.39. The molecule has 0 aromatic heterocycles. The lowest BCUT2D eigenvalue weighted by atomic mass is 9.98. The van der Waals surface area contributed by atoms with Gasteiger partial charge in [0.2, 0.25) is 5.91 Å². The van der Waals surface area contributed by atoms with Crippen molar-refractivity contribution in [1.82, 2.24) is 10.6 Å². The van der Waals surface area contributed by atoms with Crippen LogP contribution in [0.4, 0.5) is 4.79 Å². The summed E-state index contributed by atoms with van der Waals surface area (Å²) in [5, 5.41) is 14.0. The van der Waals surface area contributed by atoms with Gasteiger partial charge in [0.05, 0.1) is 13.0 Å². The van der Waals surface area contributed by atoms with Gasteiger partial charge in [0.25, 0.3) is 0 Å². The number of hydrogen-bond acceptors (Lipinski definition) is 5. The SMILES string of the molecule is CCC(CC(=O)O)NC(=O)COCCNC(=O)OCC1c2ccccc2-c2ccccc21. The molecule has 0 bridgehead atoms. The zero-order chi connectivity index (χ0) is 22.9. The largest absolute Gasteiger partial charge is 0.481 e. The number of rotatable bonds is 11. The first-order valence-electron chi connectivity index (χ1n) is 10.7. The average molecular weight is 440 g/mol. The summed E-state index contributed by atoms with van der Waals surface area (Å²) < 4.78 is 10.7. The summed E-state index contributed by atoms with van der Waals surface area (Å²) >= 11 is 0. The molecule has 0 saturated heterocycles. The summed E-state index contributed by atoms with van der Waals surface area (Å²) in [6, 6.07) is 15.8. The number of nitrogens with one attached hydrogen (secondary N) is 2. The van der Waals surface area contributed by atoms with E-state index in [1.807, 2.05) is 24.3 Å². The number of carbonyl (C=O) groups excluding carboxylic acids is 2. The summed E-state index contributed by atoms with van der Waals surface area (Å²) in [7, 11) is 0. The predicted octanol–water partition coefficient (Wildman–Crippen LogP) is 2.91. The number of amides is 2. The van der Waals surface area contributed by atoms with Crippen molar-refractivity contribution < 1.29 is 29.0 Å². The van der Waals surface area contributed by atoms with Crippen LogP contribution in [0, 0.1) is 0 Å². The Kier molecular flexibility index (Phi) is 8.21. The van der Waals surface area contributed by atoms with E-state index in [9.17, 15) is 14.4 Å². The molecular formula is C24H28N2O6. The molecule has 3 N–H and O–H groups in total. The first-order chi connectivity index (χ1) is 15.5. The van der Waals surface area contributed by atoms with Crippen LogP contribution in [0.1, 0.15) is 36.8 Å². The van der Waals surface area contributed by atoms with Crippen molar-refractivity contribution in [3.8, 4) is 11.1 Å². The Labute approximate surface area is 186 Å². The van der Waals surface area contributed by atoms with Gasteiger partial charge in [-0.3, -0.25) is 9.59 Å². The second kappa shape index (κ2) is 11.3. The van der Waals surface area contributed by atoms with E-state index in [2.05, 4.69) is 34.9 Å². The maximum atomic E-state index is 12.1. The fourth-order valence-corrected chi connectivity index (χ4v) is 3.82. The number of carbonyl (C=O) groups is 3. The molecule has 0 heterocycles. The number of benzene rings is 2. The Morgan fingerprint density at radius 1 is 1.03 bits per heavy atom. The molecule has 0 spiro atoms. The van der Waals surface area contributed by atoms with Crippen LogP contribution < -0.4 is 10.6 Å². The smallest absolute Gasteiger partial charge is 0.407 e. The highest BCUT2D eigenvalue weighted by atomic mass is 16.5. The lowest BCUT2D eigenvalue weighted by molar-refractivity contribution is -0.137. The minimum Gasteiger partial charge on any atom is -0.481 e. The van der Waals surface area contributed by atoms with Crippen LogP contribution in [-0.4, -0.2) is 55.5 Å². The van der Waals surface area contributed by atoms with Gasteiger partial charge in [0, 0.05) is 18.5 Å². The topological polar surface area (TPSA) is 114 Å². The van der Waals surface area contributed by atoms with Crippen LogP contribution in [0.25, 0.3) is 11.1 Å². The Morgan fingerprint density at radius 3 is 2.25 bits per heavy atom. The van der Waals surface area contributed by atoms with Crippen LogP contribution in [0.2, 0.25) is 0 Å². The molecule has 1 atom stereocenters. The fraction of sp³-hybridized carbons (Fsp3) is 0.375. The summed E-state index contributed by atoms with van der Waals surface area (Å²) in [5.41, 5.74) is 4.61. The third kappa shape index (κ3) is 6.07. The molecule has 8 nitrogen and oxygen atoms in total. The Balaban J connectivity index is 1.37. The number of ether oxygens (including phenoxy) is 2. The highest BCUT2D eigenvalue weighted by Gasteiger charge is 2.28. The van der Waals surface area contributed by atoms with Gasteiger partial charge in [-0.25, -0.2) is 4.79 Å². The third-order valence-electron chi connectivity index (χ3n) is 5.37. The minimum absolute atomic E-state index is 0.00888. The van der Waals surface area contributed by atoms with Gasteiger partial charge < -0.3 is 25.2 Å². The summed E-state index contributed by atoms with van der Waals surface area (Å²) in [4.78, 5) is 34.6. The van der Waals surface area contributed by atoms with Crippen LogP contribution in [0.5, 0.6) is 0 Å². The molecule has 170 valence electrons. The molecule has 0 saturated carbocycles. The second-order valence-electron chi connectivity index (χ2n) is 7.58. The summed E-state index contributed by atoms with van der Waals surface area (Å²) in [6.45, 7) is 2.14. The van der Waals surface area contributed by atoms with Gasteiger partial charge in [0.15, 0.2) is 0 Å². The van der Waals surface area contributed by atoms with Crippen LogP contribution >= 0.6 is 0 Å². The standard InChI is InChI=1S/C24H28N2O6/c1-2-16(13-23(28)29)26-22(27)15-31-12-11-25-24(30)32-14-21-19-9-5-3-7-17(19)18-8-4-6-10-20(18)21/h3-10,16,21H,2,11-15H2,1H3,(H,25,30)(H,26,27)(H,28,29). The van der Waals surface area contributed by atoms with E-state index >= 15 is 0 Å². The van der Waals surface area contributed by atoms with Crippen LogP contribution in [-0.2, 0) is 19.1 Å². The fourth-order valence-electron chi connectivity index (χ4n) is 3.82. The van der Waals surface area contributed by atoms with Crippen molar-refractivity contribution in [2.45, 2.75) is 31.7 Å². The first kappa shape index (κ1) is 23.3. The van der Waals surface area contributed by atoms with Gasteiger partial charge in [0.1, 0.15) is 13.2 Å². The zero-order valence-electron chi connectivity index (χ0n) is 18.0. The van der Waals surface area contributed by atoms with Crippen molar-refractivity contribution in [1.29, 1.82) is 0 Å². The molecule has 2 aromatic carbocycles. The van der Waals surface area contributed by atoms with Crippen molar-refractivity contribution in [3.63, 3.8) is 0 Å².